The lowest BCUT2D eigenvalue weighted by molar-refractivity contribution is 0.0165. The highest BCUT2D eigenvalue weighted by molar-refractivity contribution is 5.06. The molecule has 2 unspecified atom stereocenters. The van der Waals surface area contributed by atoms with Crippen LogP contribution in [0.3, 0.4) is 0 Å². The monoisotopic (exact) mass is 278 g/mol. The van der Waals surface area contributed by atoms with Gasteiger partial charge in [0.25, 0.3) is 0 Å². The highest BCUT2D eigenvalue weighted by Gasteiger charge is 2.18. The van der Waals surface area contributed by atoms with Crippen LogP contribution in [0.15, 0.2) is 18.3 Å². The molecule has 112 valence electrons. The summed E-state index contributed by atoms with van der Waals surface area (Å²) >= 11 is 0. The van der Waals surface area contributed by atoms with Crippen molar-refractivity contribution in [2.75, 3.05) is 19.8 Å². The van der Waals surface area contributed by atoms with E-state index in [0.717, 1.165) is 13.0 Å². The van der Waals surface area contributed by atoms with Crippen LogP contribution in [0.2, 0.25) is 0 Å². The average molecular weight is 278 g/mol. The smallest absolute Gasteiger partial charge is 0.107 e. The zero-order chi connectivity index (χ0) is 15.0. The molecular weight excluding hydrogens is 252 g/mol. The first kappa shape index (κ1) is 16.8. The number of nitrogens with zero attached hydrogens (tertiary/aromatic N) is 2. The Bertz CT molecular complexity index is 422. The molecular formula is C16H26N2O2. The van der Waals surface area contributed by atoms with Crippen molar-refractivity contribution >= 4 is 0 Å². The summed E-state index contributed by atoms with van der Waals surface area (Å²) in [5.74, 6) is 2.40. The van der Waals surface area contributed by atoms with Crippen molar-refractivity contribution in [2.45, 2.75) is 39.0 Å². The predicted molar refractivity (Wildman–Crippen MR) is 81.2 cm³/mol. The van der Waals surface area contributed by atoms with Crippen LogP contribution in [0.4, 0.5) is 0 Å². The fourth-order valence-electron chi connectivity index (χ4n) is 2.10. The molecule has 0 aliphatic carbocycles. The van der Waals surface area contributed by atoms with E-state index in [1.165, 1.54) is 5.69 Å². The second-order valence-corrected chi connectivity index (χ2v) is 5.17. The number of aliphatic hydroxyl groups excluding tert-OH is 1. The van der Waals surface area contributed by atoms with Crippen LogP contribution in [-0.2, 0) is 18.3 Å². The van der Waals surface area contributed by atoms with E-state index in [9.17, 15) is 5.11 Å². The number of ether oxygens (including phenoxy) is 1. The summed E-state index contributed by atoms with van der Waals surface area (Å²) < 4.78 is 7.31. The lowest BCUT2D eigenvalue weighted by atomic mass is 10.2. The summed E-state index contributed by atoms with van der Waals surface area (Å²) in [7, 11) is 2.04. The van der Waals surface area contributed by atoms with Crippen molar-refractivity contribution in [3.8, 4) is 12.3 Å². The second kappa shape index (κ2) is 8.80. The minimum absolute atomic E-state index is 0.248. The van der Waals surface area contributed by atoms with Crippen molar-refractivity contribution in [3.05, 3.63) is 24.0 Å². The van der Waals surface area contributed by atoms with E-state index in [0.29, 0.717) is 12.6 Å². The van der Waals surface area contributed by atoms with Crippen molar-refractivity contribution in [2.24, 2.45) is 7.05 Å². The molecule has 0 radical (unpaired) electrons. The molecule has 0 saturated carbocycles. The maximum atomic E-state index is 10.0. The van der Waals surface area contributed by atoms with E-state index in [4.69, 9.17) is 11.2 Å². The van der Waals surface area contributed by atoms with Gasteiger partial charge in [0.2, 0.25) is 0 Å². The summed E-state index contributed by atoms with van der Waals surface area (Å²) in [6.45, 7) is 6.28. The summed E-state index contributed by atoms with van der Waals surface area (Å²) in [6, 6.07) is 4.56. The third-order valence-electron chi connectivity index (χ3n) is 3.57. The van der Waals surface area contributed by atoms with Crippen LogP contribution in [-0.4, -0.2) is 46.5 Å². The molecule has 1 aromatic heterocycles. The van der Waals surface area contributed by atoms with Crippen molar-refractivity contribution < 1.29 is 9.84 Å². The van der Waals surface area contributed by atoms with Crippen molar-refractivity contribution in [1.82, 2.24) is 9.47 Å². The Kier molecular flexibility index (Phi) is 7.38. The summed E-state index contributed by atoms with van der Waals surface area (Å²) in [6.07, 6.45) is 7.69. The Labute approximate surface area is 122 Å². The molecule has 0 amide bonds. The number of aromatic nitrogens is 1. The molecule has 2 atom stereocenters. The summed E-state index contributed by atoms with van der Waals surface area (Å²) in [5, 5.41) is 10.0. The molecule has 0 aromatic carbocycles. The Hall–Kier alpha value is -1.28. The molecule has 0 aliphatic heterocycles. The second-order valence-electron chi connectivity index (χ2n) is 5.17. The molecule has 0 bridgehead atoms. The van der Waals surface area contributed by atoms with Crippen LogP contribution in [0, 0.1) is 12.3 Å². The van der Waals surface area contributed by atoms with Gasteiger partial charge in [-0.1, -0.05) is 12.8 Å². The third kappa shape index (κ3) is 5.38. The first-order valence-electron chi connectivity index (χ1n) is 7.12. The van der Waals surface area contributed by atoms with Crippen LogP contribution >= 0.6 is 0 Å². The van der Waals surface area contributed by atoms with E-state index in [2.05, 4.69) is 35.3 Å². The summed E-state index contributed by atoms with van der Waals surface area (Å²) in [4.78, 5) is 2.28. The minimum Gasteiger partial charge on any atom is -0.389 e. The zero-order valence-electron chi connectivity index (χ0n) is 12.7. The first-order chi connectivity index (χ1) is 9.58. The predicted octanol–water partition coefficient (Wildman–Crippen LogP) is 1.64. The van der Waals surface area contributed by atoms with E-state index < -0.39 is 6.10 Å². The number of rotatable bonds is 9. The fraction of sp³-hybridized carbons (Fsp3) is 0.625. The van der Waals surface area contributed by atoms with Crippen molar-refractivity contribution in [3.63, 3.8) is 0 Å². The lowest BCUT2D eigenvalue weighted by Gasteiger charge is -2.30. The van der Waals surface area contributed by atoms with E-state index in [-0.39, 0.29) is 13.2 Å². The van der Waals surface area contributed by atoms with Gasteiger partial charge in [0.1, 0.15) is 6.61 Å². The number of terminal acetylenes is 1. The molecule has 4 nitrogen and oxygen atoms in total. The van der Waals surface area contributed by atoms with Gasteiger partial charge in [0.15, 0.2) is 0 Å². The maximum Gasteiger partial charge on any atom is 0.107 e. The SMILES string of the molecule is C#CCOCC(O)CN(Cc1cccn1C)C(C)CC. The minimum atomic E-state index is -0.516. The highest BCUT2D eigenvalue weighted by Crippen LogP contribution is 2.11. The number of hydrogen-bond acceptors (Lipinski definition) is 3. The molecule has 4 heteroatoms. The molecule has 1 aromatic rings. The van der Waals surface area contributed by atoms with E-state index in [1.54, 1.807) is 0 Å². The van der Waals surface area contributed by atoms with Gasteiger partial charge in [-0.2, -0.15) is 0 Å². The van der Waals surface area contributed by atoms with Gasteiger partial charge in [-0.05, 0) is 25.5 Å². The average Bonchev–Trinajstić information content (AvgIpc) is 2.83. The van der Waals surface area contributed by atoms with Gasteiger partial charge in [0, 0.05) is 38.1 Å². The largest absolute Gasteiger partial charge is 0.389 e. The quantitative estimate of drug-likeness (QED) is 0.551. The van der Waals surface area contributed by atoms with Gasteiger partial charge in [0.05, 0.1) is 12.7 Å². The molecule has 0 spiro atoms. The summed E-state index contributed by atoms with van der Waals surface area (Å²) in [5.41, 5.74) is 1.24. The first-order valence-corrected chi connectivity index (χ1v) is 7.12. The van der Waals surface area contributed by atoms with E-state index in [1.807, 2.05) is 19.3 Å². The van der Waals surface area contributed by atoms with Gasteiger partial charge in [-0.15, -0.1) is 6.42 Å². The van der Waals surface area contributed by atoms with Gasteiger partial charge < -0.3 is 14.4 Å². The Balaban J connectivity index is 2.56. The number of aliphatic hydroxyl groups is 1. The van der Waals surface area contributed by atoms with Crippen LogP contribution < -0.4 is 0 Å². The van der Waals surface area contributed by atoms with E-state index >= 15 is 0 Å². The standard InChI is InChI=1S/C16H26N2O2/c1-5-10-20-13-16(19)12-18(14(3)6-2)11-15-8-7-9-17(15)4/h1,7-9,14,16,19H,6,10-13H2,2-4H3. The Morgan fingerprint density at radius 1 is 1.55 bits per heavy atom. The van der Waals surface area contributed by atoms with Crippen LogP contribution in [0.25, 0.3) is 0 Å². The topological polar surface area (TPSA) is 37.6 Å². The molecule has 1 N–H and O–H groups in total. The molecule has 20 heavy (non-hydrogen) atoms. The van der Waals surface area contributed by atoms with Crippen LogP contribution in [0.1, 0.15) is 26.0 Å². The lowest BCUT2D eigenvalue weighted by Crippen LogP contribution is -2.40. The Morgan fingerprint density at radius 2 is 2.30 bits per heavy atom. The normalized spacial score (nSPS) is 14.2. The van der Waals surface area contributed by atoms with Gasteiger partial charge >= 0.3 is 0 Å². The van der Waals surface area contributed by atoms with Gasteiger partial charge in [-0.25, -0.2) is 0 Å². The van der Waals surface area contributed by atoms with Crippen LogP contribution in [0.5, 0.6) is 0 Å². The highest BCUT2D eigenvalue weighted by atomic mass is 16.5. The fourth-order valence-corrected chi connectivity index (χ4v) is 2.10. The third-order valence-corrected chi connectivity index (χ3v) is 3.57. The van der Waals surface area contributed by atoms with Gasteiger partial charge in [-0.3, -0.25) is 4.90 Å². The Morgan fingerprint density at radius 3 is 2.85 bits per heavy atom. The number of hydrogen-bond donors (Lipinski definition) is 1. The maximum absolute atomic E-state index is 10.0. The van der Waals surface area contributed by atoms with Crippen molar-refractivity contribution in [1.29, 1.82) is 0 Å². The molecule has 0 fully saturated rings. The zero-order valence-corrected chi connectivity index (χ0v) is 12.7. The number of aryl methyl sites for hydroxylation is 1. The molecule has 0 aliphatic rings. The molecule has 1 rings (SSSR count). The molecule has 0 saturated heterocycles. The molecule has 1 heterocycles.